The van der Waals surface area contributed by atoms with E-state index in [1.165, 1.54) is 0 Å². The van der Waals surface area contributed by atoms with E-state index in [0.29, 0.717) is 68.8 Å². The van der Waals surface area contributed by atoms with Gasteiger partial charge in [-0.1, -0.05) is 0 Å². The molecule has 0 aliphatic carbocycles. The zero-order valence-corrected chi connectivity index (χ0v) is 17.7. The van der Waals surface area contributed by atoms with Crippen LogP contribution in [0.4, 0.5) is 10.6 Å². The lowest BCUT2D eigenvalue weighted by atomic mass is 10.2. The van der Waals surface area contributed by atoms with Crippen LogP contribution in [0.3, 0.4) is 0 Å². The van der Waals surface area contributed by atoms with E-state index in [-0.39, 0.29) is 6.03 Å². The topological polar surface area (TPSA) is 125 Å². The summed E-state index contributed by atoms with van der Waals surface area (Å²) in [6.07, 6.45) is 5.28. The van der Waals surface area contributed by atoms with E-state index in [2.05, 4.69) is 30.7 Å². The molecule has 3 aromatic heterocycles. The second kappa shape index (κ2) is 11.9. The Labute approximate surface area is 180 Å². The number of amides is 2. The number of aromatic nitrogens is 5. The third-order valence-electron chi connectivity index (χ3n) is 4.18. The molecule has 0 aliphatic rings. The highest BCUT2D eigenvalue weighted by atomic mass is 16.5. The third-order valence-corrected chi connectivity index (χ3v) is 4.18. The summed E-state index contributed by atoms with van der Waals surface area (Å²) in [5.74, 6) is 0.406. The summed E-state index contributed by atoms with van der Waals surface area (Å²) < 4.78 is 17.6. The Morgan fingerprint density at radius 2 is 1.87 bits per heavy atom. The van der Waals surface area contributed by atoms with Gasteiger partial charge < -0.3 is 19.5 Å². The highest BCUT2D eigenvalue weighted by Crippen LogP contribution is 2.19. The van der Waals surface area contributed by atoms with E-state index < -0.39 is 0 Å². The molecule has 0 spiro atoms. The van der Waals surface area contributed by atoms with Crippen molar-refractivity contribution in [3.8, 4) is 11.3 Å². The fourth-order valence-corrected chi connectivity index (χ4v) is 2.67. The first-order valence-electron chi connectivity index (χ1n) is 10.1. The maximum absolute atomic E-state index is 11.7. The predicted molar refractivity (Wildman–Crippen MR) is 115 cm³/mol. The average Bonchev–Trinajstić information content (AvgIpc) is 3.24. The summed E-state index contributed by atoms with van der Waals surface area (Å²) in [7, 11) is 1.64. The maximum Gasteiger partial charge on any atom is 0.320 e. The molecule has 0 aliphatic heterocycles. The van der Waals surface area contributed by atoms with E-state index >= 15 is 0 Å². The minimum Gasteiger partial charge on any atom is -0.382 e. The zero-order chi connectivity index (χ0) is 21.9. The molecular weight excluding hydrogens is 402 g/mol. The van der Waals surface area contributed by atoms with Gasteiger partial charge in [-0.05, 0) is 19.1 Å². The number of fused-ring (bicyclic) bond motifs is 1. The Morgan fingerprint density at radius 1 is 1.06 bits per heavy atom. The lowest BCUT2D eigenvalue weighted by Gasteiger charge is -2.06. The molecule has 3 rings (SSSR count). The van der Waals surface area contributed by atoms with Crippen LogP contribution in [0.2, 0.25) is 0 Å². The smallest absolute Gasteiger partial charge is 0.320 e. The van der Waals surface area contributed by atoms with Crippen molar-refractivity contribution in [3.63, 3.8) is 0 Å². The molecule has 166 valence electrons. The van der Waals surface area contributed by atoms with E-state index in [9.17, 15) is 4.79 Å². The van der Waals surface area contributed by atoms with Crippen LogP contribution in [0.25, 0.3) is 22.4 Å². The SMILES string of the molecule is CCNC(=O)Nc1ccc2ncc(-c3cnn(CCOCCOCCOC)c3)nc2n1. The van der Waals surface area contributed by atoms with Crippen LogP contribution in [-0.2, 0) is 20.8 Å². The zero-order valence-electron chi connectivity index (χ0n) is 17.7. The van der Waals surface area contributed by atoms with Crippen molar-refractivity contribution < 1.29 is 19.0 Å². The van der Waals surface area contributed by atoms with Crippen molar-refractivity contribution in [2.75, 3.05) is 52.0 Å². The first kappa shape index (κ1) is 22.5. The Balaban J connectivity index is 1.55. The highest BCUT2D eigenvalue weighted by Gasteiger charge is 2.09. The fraction of sp³-hybridized carbons (Fsp3) is 0.450. The van der Waals surface area contributed by atoms with Crippen LogP contribution in [0.15, 0.2) is 30.7 Å². The minimum atomic E-state index is -0.316. The van der Waals surface area contributed by atoms with Gasteiger partial charge in [0.2, 0.25) is 0 Å². The molecule has 2 amide bonds. The van der Waals surface area contributed by atoms with Gasteiger partial charge in [-0.3, -0.25) is 15.0 Å². The van der Waals surface area contributed by atoms with Crippen molar-refractivity contribution in [1.82, 2.24) is 30.0 Å². The summed E-state index contributed by atoms with van der Waals surface area (Å²) >= 11 is 0. The molecule has 31 heavy (non-hydrogen) atoms. The molecule has 3 aromatic rings. The van der Waals surface area contributed by atoms with Gasteiger partial charge in [0, 0.05) is 25.4 Å². The van der Waals surface area contributed by atoms with Gasteiger partial charge in [-0.25, -0.2) is 14.8 Å². The number of hydrogen-bond donors (Lipinski definition) is 2. The predicted octanol–water partition coefficient (Wildman–Crippen LogP) is 1.71. The number of pyridine rings is 1. The molecule has 0 fully saturated rings. The second-order valence-corrected chi connectivity index (χ2v) is 6.49. The number of carbonyl (C=O) groups is 1. The summed E-state index contributed by atoms with van der Waals surface area (Å²) in [5.41, 5.74) is 2.55. The lowest BCUT2D eigenvalue weighted by Crippen LogP contribution is -2.28. The molecule has 0 atom stereocenters. The van der Waals surface area contributed by atoms with Crippen molar-refractivity contribution in [2.45, 2.75) is 13.5 Å². The van der Waals surface area contributed by atoms with Gasteiger partial charge >= 0.3 is 6.03 Å². The summed E-state index contributed by atoms with van der Waals surface area (Å²) in [6.45, 7) is 5.70. The molecule has 2 N–H and O–H groups in total. The number of ether oxygens (including phenoxy) is 3. The average molecular weight is 429 g/mol. The van der Waals surface area contributed by atoms with Crippen molar-refractivity contribution in [1.29, 1.82) is 0 Å². The molecule has 0 radical (unpaired) electrons. The van der Waals surface area contributed by atoms with E-state index in [1.807, 2.05) is 13.1 Å². The van der Waals surface area contributed by atoms with Crippen LogP contribution >= 0.6 is 0 Å². The van der Waals surface area contributed by atoms with Gasteiger partial charge in [0.1, 0.15) is 11.3 Å². The molecule has 0 saturated heterocycles. The number of urea groups is 1. The Morgan fingerprint density at radius 3 is 2.68 bits per heavy atom. The van der Waals surface area contributed by atoms with Gasteiger partial charge in [0.25, 0.3) is 0 Å². The van der Waals surface area contributed by atoms with Gasteiger partial charge in [0.15, 0.2) is 5.65 Å². The maximum atomic E-state index is 11.7. The number of nitrogens with zero attached hydrogens (tertiary/aromatic N) is 5. The monoisotopic (exact) mass is 429 g/mol. The number of hydrogen-bond acceptors (Lipinski definition) is 8. The Hall–Kier alpha value is -3.15. The first-order chi connectivity index (χ1) is 15.2. The van der Waals surface area contributed by atoms with Crippen LogP contribution in [0, 0.1) is 0 Å². The highest BCUT2D eigenvalue weighted by molar-refractivity contribution is 5.89. The molecular formula is C20H27N7O4. The normalized spacial score (nSPS) is 11.0. The van der Waals surface area contributed by atoms with Crippen LogP contribution in [0.1, 0.15) is 6.92 Å². The lowest BCUT2D eigenvalue weighted by molar-refractivity contribution is 0.0225. The summed E-state index contributed by atoms with van der Waals surface area (Å²) in [4.78, 5) is 25.0. The quantitative estimate of drug-likeness (QED) is 0.417. The molecule has 0 bridgehead atoms. The Bertz CT molecular complexity index is 979. The van der Waals surface area contributed by atoms with E-state index in [4.69, 9.17) is 14.2 Å². The summed E-state index contributed by atoms with van der Waals surface area (Å²) in [6, 6.07) is 3.14. The first-order valence-corrected chi connectivity index (χ1v) is 10.1. The van der Waals surface area contributed by atoms with Gasteiger partial charge in [-0.15, -0.1) is 0 Å². The standard InChI is InChI=1S/C20H27N7O4/c1-3-21-20(28)26-18-5-4-16-19(25-18)24-17(13-22-16)15-12-23-27(14-15)6-7-30-10-11-31-9-8-29-2/h4-5,12-14H,3,6-11H2,1-2H3,(H2,21,24,25,26,28). The Kier molecular flexibility index (Phi) is 8.64. The van der Waals surface area contributed by atoms with Crippen LogP contribution in [-0.4, -0.2) is 77.5 Å². The fourth-order valence-electron chi connectivity index (χ4n) is 2.67. The largest absolute Gasteiger partial charge is 0.382 e. The number of nitrogens with one attached hydrogen (secondary N) is 2. The van der Waals surface area contributed by atoms with Crippen molar-refractivity contribution >= 4 is 23.0 Å². The van der Waals surface area contributed by atoms with Crippen molar-refractivity contribution in [3.05, 3.63) is 30.7 Å². The third kappa shape index (κ3) is 6.95. The van der Waals surface area contributed by atoms with Crippen LogP contribution in [0.5, 0.6) is 0 Å². The van der Waals surface area contributed by atoms with Crippen LogP contribution < -0.4 is 10.6 Å². The number of rotatable bonds is 12. The second-order valence-electron chi connectivity index (χ2n) is 6.49. The van der Waals surface area contributed by atoms with E-state index in [1.54, 1.807) is 36.3 Å². The number of carbonyl (C=O) groups excluding carboxylic acids is 1. The number of anilines is 1. The molecule has 0 aromatic carbocycles. The van der Waals surface area contributed by atoms with Gasteiger partial charge in [-0.2, -0.15) is 5.10 Å². The minimum absolute atomic E-state index is 0.316. The summed E-state index contributed by atoms with van der Waals surface area (Å²) in [5, 5.41) is 9.67. The van der Waals surface area contributed by atoms with Gasteiger partial charge in [0.05, 0.1) is 57.7 Å². The molecule has 0 unspecified atom stereocenters. The number of methoxy groups -OCH3 is 1. The van der Waals surface area contributed by atoms with Crippen molar-refractivity contribution in [2.24, 2.45) is 0 Å². The molecule has 0 saturated carbocycles. The molecule has 11 nitrogen and oxygen atoms in total. The molecule has 11 heteroatoms. The molecule has 3 heterocycles. The van der Waals surface area contributed by atoms with E-state index in [0.717, 1.165) is 5.56 Å².